The van der Waals surface area contributed by atoms with E-state index in [2.05, 4.69) is 20.9 Å². The van der Waals surface area contributed by atoms with E-state index in [1.165, 1.54) is 5.56 Å². The molecule has 90 valence electrons. The zero-order valence-corrected chi connectivity index (χ0v) is 11.4. The molecular weight excluding hydrogens is 292 g/mol. The van der Waals surface area contributed by atoms with Gasteiger partial charge in [0.25, 0.3) is 0 Å². The molecule has 0 atom stereocenters. The van der Waals surface area contributed by atoms with E-state index in [0.717, 1.165) is 15.6 Å². The molecule has 0 aliphatic heterocycles. The SMILES string of the molecule is Cc1ccc(-c2nc3ccc(N)cc3o2)c(Br)c1. The van der Waals surface area contributed by atoms with E-state index in [4.69, 9.17) is 10.2 Å². The number of fused-ring (bicyclic) bond motifs is 1. The number of hydrogen-bond donors (Lipinski definition) is 1. The van der Waals surface area contributed by atoms with Crippen molar-refractivity contribution in [3.8, 4) is 11.5 Å². The first-order valence-electron chi connectivity index (χ1n) is 5.56. The number of anilines is 1. The first kappa shape index (κ1) is 11.3. The molecule has 4 heteroatoms. The van der Waals surface area contributed by atoms with Gasteiger partial charge in [0, 0.05) is 16.2 Å². The molecule has 1 aromatic heterocycles. The number of aromatic nitrogens is 1. The van der Waals surface area contributed by atoms with E-state index >= 15 is 0 Å². The lowest BCUT2D eigenvalue weighted by molar-refractivity contribution is 0.619. The summed E-state index contributed by atoms with van der Waals surface area (Å²) in [5.74, 6) is 0.600. The average Bonchev–Trinajstić information content (AvgIpc) is 2.71. The van der Waals surface area contributed by atoms with E-state index in [-0.39, 0.29) is 0 Å². The molecule has 0 amide bonds. The number of aryl methyl sites for hydroxylation is 1. The number of halogens is 1. The van der Waals surface area contributed by atoms with Gasteiger partial charge in [-0.15, -0.1) is 0 Å². The van der Waals surface area contributed by atoms with Crippen molar-refractivity contribution in [1.82, 2.24) is 4.98 Å². The van der Waals surface area contributed by atoms with Crippen molar-refractivity contribution >= 4 is 32.7 Å². The molecule has 3 rings (SSSR count). The molecule has 3 nitrogen and oxygen atoms in total. The van der Waals surface area contributed by atoms with Gasteiger partial charge < -0.3 is 10.2 Å². The van der Waals surface area contributed by atoms with Crippen LogP contribution >= 0.6 is 15.9 Å². The minimum atomic E-state index is 0.600. The van der Waals surface area contributed by atoms with Crippen LogP contribution in [-0.2, 0) is 0 Å². The Bertz CT molecular complexity index is 734. The topological polar surface area (TPSA) is 52.0 Å². The summed E-state index contributed by atoms with van der Waals surface area (Å²) >= 11 is 3.53. The molecule has 0 bridgehead atoms. The van der Waals surface area contributed by atoms with Crippen LogP contribution in [0, 0.1) is 6.92 Å². The summed E-state index contributed by atoms with van der Waals surface area (Å²) in [6.45, 7) is 2.04. The van der Waals surface area contributed by atoms with Crippen LogP contribution in [0.4, 0.5) is 5.69 Å². The van der Waals surface area contributed by atoms with E-state index in [1.807, 2.05) is 37.3 Å². The molecule has 0 saturated heterocycles. The largest absolute Gasteiger partial charge is 0.436 e. The van der Waals surface area contributed by atoms with Gasteiger partial charge in [-0.25, -0.2) is 4.98 Å². The maximum atomic E-state index is 5.73. The lowest BCUT2D eigenvalue weighted by Crippen LogP contribution is -1.82. The van der Waals surface area contributed by atoms with Gasteiger partial charge in [0.15, 0.2) is 5.58 Å². The molecule has 0 aliphatic rings. The monoisotopic (exact) mass is 302 g/mol. The minimum Gasteiger partial charge on any atom is -0.436 e. The van der Waals surface area contributed by atoms with Crippen molar-refractivity contribution in [1.29, 1.82) is 0 Å². The number of nitrogens with zero attached hydrogens (tertiary/aromatic N) is 1. The molecule has 1 heterocycles. The zero-order chi connectivity index (χ0) is 12.7. The van der Waals surface area contributed by atoms with Crippen molar-refractivity contribution in [3.63, 3.8) is 0 Å². The number of benzene rings is 2. The summed E-state index contributed by atoms with van der Waals surface area (Å²) in [5.41, 5.74) is 10.0. The van der Waals surface area contributed by atoms with Crippen LogP contribution in [0.1, 0.15) is 5.56 Å². The highest BCUT2D eigenvalue weighted by Crippen LogP contribution is 2.31. The predicted octanol–water partition coefficient (Wildman–Crippen LogP) is 4.15. The first-order chi connectivity index (χ1) is 8.63. The second-order valence-corrected chi connectivity index (χ2v) is 5.08. The maximum Gasteiger partial charge on any atom is 0.228 e. The molecule has 0 unspecified atom stereocenters. The van der Waals surface area contributed by atoms with Crippen LogP contribution in [0.25, 0.3) is 22.6 Å². The van der Waals surface area contributed by atoms with Crippen molar-refractivity contribution in [2.75, 3.05) is 5.73 Å². The zero-order valence-electron chi connectivity index (χ0n) is 9.77. The fourth-order valence-corrected chi connectivity index (χ4v) is 2.51. The summed E-state index contributed by atoms with van der Waals surface area (Å²) in [4.78, 5) is 4.46. The predicted molar refractivity (Wildman–Crippen MR) is 76.3 cm³/mol. The van der Waals surface area contributed by atoms with E-state index in [9.17, 15) is 0 Å². The van der Waals surface area contributed by atoms with Gasteiger partial charge >= 0.3 is 0 Å². The molecule has 0 fully saturated rings. The number of nitrogen functional groups attached to an aromatic ring is 1. The lowest BCUT2D eigenvalue weighted by Gasteiger charge is -2.00. The highest BCUT2D eigenvalue weighted by molar-refractivity contribution is 9.10. The first-order valence-corrected chi connectivity index (χ1v) is 6.35. The molecule has 3 aromatic rings. The summed E-state index contributed by atoms with van der Waals surface area (Å²) in [7, 11) is 0. The Morgan fingerprint density at radius 3 is 2.78 bits per heavy atom. The maximum absolute atomic E-state index is 5.73. The Morgan fingerprint density at radius 2 is 2.00 bits per heavy atom. The van der Waals surface area contributed by atoms with Gasteiger partial charge in [0.05, 0.1) is 5.56 Å². The molecule has 2 N–H and O–H groups in total. The Hall–Kier alpha value is -1.81. The third kappa shape index (κ3) is 1.88. The van der Waals surface area contributed by atoms with Gasteiger partial charge in [0.1, 0.15) is 5.52 Å². The Labute approximate surface area is 113 Å². The third-order valence-electron chi connectivity index (χ3n) is 2.77. The molecule has 0 radical (unpaired) electrons. The number of rotatable bonds is 1. The molecule has 18 heavy (non-hydrogen) atoms. The fraction of sp³-hybridized carbons (Fsp3) is 0.0714. The van der Waals surface area contributed by atoms with Crippen molar-refractivity contribution in [2.24, 2.45) is 0 Å². The molecule has 2 aromatic carbocycles. The summed E-state index contributed by atoms with van der Waals surface area (Å²) < 4.78 is 6.71. The number of hydrogen-bond acceptors (Lipinski definition) is 3. The number of oxazole rings is 1. The summed E-state index contributed by atoms with van der Waals surface area (Å²) in [6, 6.07) is 11.5. The fourth-order valence-electron chi connectivity index (χ4n) is 1.85. The van der Waals surface area contributed by atoms with Crippen molar-refractivity contribution in [3.05, 3.63) is 46.4 Å². The average molecular weight is 303 g/mol. The van der Waals surface area contributed by atoms with Gasteiger partial charge in [-0.05, 0) is 52.7 Å². The molecular formula is C14H11BrN2O. The highest BCUT2D eigenvalue weighted by Gasteiger charge is 2.11. The van der Waals surface area contributed by atoms with Crippen LogP contribution < -0.4 is 5.73 Å². The van der Waals surface area contributed by atoms with Crippen LogP contribution in [-0.4, -0.2) is 4.98 Å². The Kier molecular flexibility index (Phi) is 2.59. The Morgan fingerprint density at radius 1 is 1.17 bits per heavy atom. The quantitative estimate of drug-likeness (QED) is 0.687. The molecule has 0 aliphatic carbocycles. The number of nitrogens with two attached hydrogens (primary N) is 1. The second kappa shape index (κ2) is 4.14. The van der Waals surface area contributed by atoms with Crippen LogP contribution in [0.2, 0.25) is 0 Å². The smallest absolute Gasteiger partial charge is 0.228 e. The van der Waals surface area contributed by atoms with Crippen molar-refractivity contribution < 1.29 is 4.42 Å². The van der Waals surface area contributed by atoms with Crippen LogP contribution in [0.15, 0.2) is 45.3 Å². The third-order valence-corrected chi connectivity index (χ3v) is 3.42. The van der Waals surface area contributed by atoms with Crippen LogP contribution in [0.5, 0.6) is 0 Å². The summed E-state index contributed by atoms with van der Waals surface area (Å²) in [5, 5.41) is 0. The Balaban J connectivity index is 2.19. The van der Waals surface area contributed by atoms with Crippen LogP contribution in [0.3, 0.4) is 0 Å². The highest BCUT2D eigenvalue weighted by atomic mass is 79.9. The second-order valence-electron chi connectivity index (χ2n) is 4.23. The van der Waals surface area contributed by atoms with E-state index < -0.39 is 0 Å². The van der Waals surface area contributed by atoms with E-state index in [1.54, 1.807) is 6.07 Å². The standard InChI is InChI=1S/C14H11BrN2O/c1-8-2-4-10(11(15)6-8)14-17-12-5-3-9(16)7-13(12)18-14/h2-7H,16H2,1H3. The lowest BCUT2D eigenvalue weighted by atomic mass is 10.1. The van der Waals surface area contributed by atoms with Gasteiger partial charge in [-0.2, -0.15) is 0 Å². The minimum absolute atomic E-state index is 0.600. The summed E-state index contributed by atoms with van der Waals surface area (Å²) in [6.07, 6.45) is 0. The van der Waals surface area contributed by atoms with Gasteiger partial charge in [-0.1, -0.05) is 6.07 Å². The normalized spacial score (nSPS) is 11.0. The molecule has 0 spiro atoms. The van der Waals surface area contributed by atoms with Gasteiger partial charge in [-0.3, -0.25) is 0 Å². The van der Waals surface area contributed by atoms with Crippen molar-refractivity contribution in [2.45, 2.75) is 6.92 Å². The van der Waals surface area contributed by atoms with Gasteiger partial charge in [0.2, 0.25) is 5.89 Å². The van der Waals surface area contributed by atoms with E-state index in [0.29, 0.717) is 17.2 Å². The molecule has 0 saturated carbocycles.